The van der Waals surface area contributed by atoms with Gasteiger partial charge in [0.25, 0.3) is 0 Å². The van der Waals surface area contributed by atoms with Gasteiger partial charge in [-0.1, -0.05) is 13.8 Å². The minimum Gasteiger partial charge on any atom is -0.371 e. The topological polar surface area (TPSA) is 9.23 Å². The van der Waals surface area contributed by atoms with Crippen LogP contribution in [0.2, 0.25) is 0 Å². The number of rotatable bonds is 2. The standard InChI is InChI=1S/C4H10OS.C2H6/c1-4(5-2)6-3;1-2/h4H,1-3H3;1-2H3. The van der Waals surface area contributed by atoms with Gasteiger partial charge in [-0.15, -0.1) is 11.8 Å². The van der Waals surface area contributed by atoms with Crippen LogP contribution in [0.3, 0.4) is 0 Å². The number of ether oxygens (including phenoxy) is 1. The lowest BCUT2D eigenvalue weighted by Crippen LogP contribution is -1.94. The number of hydrogen-bond acceptors (Lipinski definition) is 2. The normalized spacial score (nSPS) is 11.6. The molecule has 0 saturated heterocycles. The summed E-state index contributed by atoms with van der Waals surface area (Å²) in [7, 11) is 1.71. The SMILES string of the molecule is CC.COC(C)SC. The zero-order valence-corrected chi connectivity index (χ0v) is 7.21. The van der Waals surface area contributed by atoms with Crippen LogP contribution in [0.5, 0.6) is 0 Å². The van der Waals surface area contributed by atoms with Gasteiger partial charge in [0.05, 0.1) is 5.44 Å². The van der Waals surface area contributed by atoms with E-state index in [2.05, 4.69) is 0 Å². The molecule has 0 rings (SSSR count). The summed E-state index contributed by atoms with van der Waals surface area (Å²) in [5.41, 5.74) is 0.352. The molecule has 0 saturated carbocycles. The largest absolute Gasteiger partial charge is 0.371 e. The Kier molecular flexibility index (Phi) is 14.4. The first-order chi connectivity index (χ1) is 3.81. The van der Waals surface area contributed by atoms with E-state index in [-0.39, 0.29) is 0 Å². The number of thioether (sulfide) groups is 1. The maximum atomic E-state index is 4.86. The van der Waals surface area contributed by atoms with E-state index in [1.807, 2.05) is 27.0 Å². The van der Waals surface area contributed by atoms with Crippen LogP contribution in [0, 0.1) is 0 Å². The van der Waals surface area contributed by atoms with E-state index in [1.54, 1.807) is 18.9 Å². The predicted molar refractivity (Wildman–Crippen MR) is 41.3 cm³/mol. The van der Waals surface area contributed by atoms with Gasteiger partial charge in [0.15, 0.2) is 0 Å². The molecule has 8 heavy (non-hydrogen) atoms. The summed E-state index contributed by atoms with van der Waals surface area (Å²) < 4.78 is 4.86. The lowest BCUT2D eigenvalue weighted by molar-refractivity contribution is 0.188. The fraction of sp³-hybridized carbons (Fsp3) is 1.00. The molecule has 0 aliphatic rings. The first-order valence-electron chi connectivity index (χ1n) is 2.87. The third-order valence-electron chi connectivity index (χ3n) is 0.664. The Morgan fingerprint density at radius 3 is 1.75 bits per heavy atom. The molecular formula is C6H16OS. The molecule has 1 nitrogen and oxygen atoms in total. The van der Waals surface area contributed by atoms with Gasteiger partial charge in [-0.05, 0) is 13.2 Å². The van der Waals surface area contributed by atoms with Crippen LogP contribution in [0.25, 0.3) is 0 Å². The summed E-state index contributed by atoms with van der Waals surface area (Å²) in [4.78, 5) is 0. The molecule has 2 heteroatoms. The van der Waals surface area contributed by atoms with Crippen molar-refractivity contribution in [2.24, 2.45) is 0 Å². The average molecular weight is 136 g/mol. The van der Waals surface area contributed by atoms with E-state index in [1.165, 1.54) is 0 Å². The minimum atomic E-state index is 0.352. The van der Waals surface area contributed by atoms with Crippen LogP contribution in [-0.2, 0) is 4.74 Å². The third-order valence-corrected chi connectivity index (χ3v) is 1.52. The monoisotopic (exact) mass is 136 g/mol. The van der Waals surface area contributed by atoms with Gasteiger partial charge in [-0.25, -0.2) is 0 Å². The molecule has 0 N–H and O–H groups in total. The molecule has 0 fully saturated rings. The molecule has 0 aromatic rings. The van der Waals surface area contributed by atoms with E-state index in [9.17, 15) is 0 Å². The second-order valence-corrected chi connectivity index (χ2v) is 2.17. The Morgan fingerprint density at radius 1 is 1.38 bits per heavy atom. The molecule has 0 amide bonds. The van der Waals surface area contributed by atoms with Crippen molar-refractivity contribution < 1.29 is 4.74 Å². The summed E-state index contributed by atoms with van der Waals surface area (Å²) in [5, 5.41) is 0. The summed E-state index contributed by atoms with van der Waals surface area (Å²) in [5.74, 6) is 0. The lowest BCUT2D eigenvalue weighted by Gasteiger charge is -2.01. The van der Waals surface area contributed by atoms with Crippen molar-refractivity contribution in [2.45, 2.75) is 26.2 Å². The first kappa shape index (κ1) is 11.2. The average Bonchev–Trinajstić information content (AvgIpc) is 1.91. The molecule has 0 aromatic carbocycles. The van der Waals surface area contributed by atoms with E-state index in [0.717, 1.165) is 0 Å². The maximum absolute atomic E-state index is 4.86. The molecule has 52 valence electrons. The zero-order valence-electron chi connectivity index (χ0n) is 6.39. The molecule has 0 bridgehead atoms. The smallest absolute Gasteiger partial charge is 0.0993 e. The van der Waals surface area contributed by atoms with Gasteiger partial charge < -0.3 is 4.74 Å². The van der Waals surface area contributed by atoms with Crippen LogP contribution in [-0.4, -0.2) is 18.8 Å². The summed E-state index contributed by atoms with van der Waals surface area (Å²) in [6.45, 7) is 6.02. The highest BCUT2D eigenvalue weighted by Crippen LogP contribution is 2.02. The Hall–Kier alpha value is 0.310. The van der Waals surface area contributed by atoms with E-state index < -0.39 is 0 Å². The molecule has 0 radical (unpaired) electrons. The van der Waals surface area contributed by atoms with Gasteiger partial charge in [0, 0.05) is 7.11 Å². The molecule has 0 heterocycles. The molecule has 1 unspecified atom stereocenters. The maximum Gasteiger partial charge on any atom is 0.0993 e. The van der Waals surface area contributed by atoms with Crippen LogP contribution >= 0.6 is 11.8 Å². The third kappa shape index (κ3) is 9.58. The van der Waals surface area contributed by atoms with Crippen molar-refractivity contribution in [3.05, 3.63) is 0 Å². The number of hydrogen-bond donors (Lipinski definition) is 0. The highest BCUT2D eigenvalue weighted by atomic mass is 32.2. The summed E-state index contributed by atoms with van der Waals surface area (Å²) in [6.07, 6.45) is 2.02. The minimum absolute atomic E-state index is 0.352. The Balaban J connectivity index is 0. The first-order valence-corrected chi connectivity index (χ1v) is 4.15. The van der Waals surface area contributed by atoms with Crippen LogP contribution in [0.4, 0.5) is 0 Å². The van der Waals surface area contributed by atoms with Gasteiger partial charge in [-0.2, -0.15) is 0 Å². The highest BCUT2D eigenvalue weighted by Gasteiger charge is 1.88. The quantitative estimate of drug-likeness (QED) is 0.539. The van der Waals surface area contributed by atoms with Gasteiger partial charge in [0.2, 0.25) is 0 Å². The molecule has 1 atom stereocenters. The Labute approximate surface area is 56.8 Å². The van der Waals surface area contributed by atoms with Crippen molar-refractivity contribution in [3.63, 3.8) is 0 Å². The molecule has 0 aromatic heterocycles. The summed E-state index contributed by atoms with van der Waals surface area (Å²) >= 11 is 1.70. The zero-order chi connectivity index (χ0) is 6.99. The molecule has 0 spiro atoms. The number of methoxy groups -OCH3 is 1. The fourth-order valence-corrected chi connectivity index (χ4v) is 0.289. The second kappa shape index (κ2) is 10.3. The fourth-order valence-electron chi connectivity index (χ4n) is 0.0962. The van der Waals surface area contributed by atoms with Crippen molar-refractivity contribution in [1.29, 1.82) is 0 Å². The lowest BCUT2D eigenvalue weighted by atomic mass is 10.9. The Morgan fingerprint density at radius 2 is 1.75 bits per heavy atom. The van der Waals surface area contributed by atoms with Crippen molar-refractivity contribution >= 4 is 11.8 Å². The second-order valence-electron chi connectivity index (χ2n) is 1.04. The molecular weight excluding hydrogens is 120 g/mol. The molecule has 0 aliphatic carbocycles. The van der Waals surface area contributed by atoms with E-state index >= 15 is 0 Å². The molecule has 0 aliphatic heterocycles. The van der Waals surface area contributed by atoms with Crippen molar-refractivity contribution in [1.82, 2.24) is 0 Å². The van der Waals surface area contributed by atoms with E-state index in [4.69, 9.17) is 4.74 Å². The van der Waals surface area contributed by atoms with Gasteiger partial charge >= 0.3 is 0 Å². The highest BCUT2D eigenvalue weighted by molar-refractivity contribution is 7.99. The Bertz CT molecular complexity index is 27.7. The van der Waals surface area contributed by atoms with Crippen molar-refractivity contribution in [2.75, 3.05) is 13.4 Å². The predicted octanol–water partition coefficient (Wildman–Crippen LogP) is 2.37. The summed E-state index contributed by atoms with van der Waals surface area (Å²) in [6, 6.07) is 0. The van der Waals surface area contributed by atoms with Crippen LogP contribution in [0.1, 0.15) is 20.8 Å². The van der Waals surface area contributed by atoms with E-state index in [0.29, 0.717) is 5.44 Å². The van der Waals surface area contributed by atoms with Gasteiger partial charge in [0.1, 0.15) is 0 Å². The van der Waals surface area contributed by atoms with Crippen LogP contribution < -0.4 is 0 Å². The van der Waals surface area contributed by atoms with Crippen LogP contribution in [0.15, 0.2) is 0 Å². The van der Waals surface area contributed by atoms with Gasteiger partial charge in [-0.3, -0.25) is 0 Å². The van der Waals surface area contributed by atoms with Crippen molar-refractivity contribution in [3.8, 4) is 0 Å².